The minimum Gasteiger partial charge on any atom is -0.469 e. The Morgan fingerprint density at radius 3 is 2.44 bits per heavy atom. The van der Waals surface area contributed by atoms with Crippen LogP contribution < -0.4 is 5.32 Å². The molecule has 0 aromatic carbocycles. The summed E-state index contributed by atoms with van der Waals surface area (Å²) in [5.41, 5.74) is 0. The van der Waals surface area contributed by atoms with Gasteiger partial charge in [0.05, 0.1) is 6.26 Å². The van der Waals surface area contributed by atoms with Gasteiger partial charge in [-0.1, -0.05) is 27.7 Å². The molecule has 0 aliphatic carbocycles. The number of furan rings is 1. The topological polar surface area (TPSA) is 25.2 Å². The van der Waals surface area contributed by atoms with Crippen molar-refractivity contribution in [3.63, 3.8) is 0 Å². The minimum absolute atomic E-state index is 0.657. The van der Waals surface area contributed by atoms with Gasteiger partial charge in [-0.2, -0.15) is 0 Å². The lowest BCUT2D eigenvalue weighted by molar-refractivity contribution is 0.329. The van der Waals surface area contributed by atoms with E-state index in [1.54, 1.807) is 6.26 Å². The monoisotopic (exact) mass is 223 g/mol. The summed E-state index contributed by atoms with van der Waals surface area (Å²) in [6.45, 7) is 11.2. The van der Waals surface area contributed by atoms with E-state index in [-0.39, 0.29) is 0 Å². The molecule has 1 heterocycles. The highest BCUT2D eigenvalue weighted by molar-refractivity contribution is 4.99. The van der Waals surface area contributed by atoms with E-state index >= 15 is 0 Å². The quantitative estimate of drug-likeness (QED) is 0.767. The maximum Gasteiger partial charge on any atom is 0.104 e. The van der Waals surface area contributed by atoms with Crippen molar-refractivity contribution in [2.24, 2.45) is 17.8 Å². The standard InChI is InChI=1S/C14H25NO/c1-11(2)9-15-10-13(12(3)4)8-14-6-5-7-16-14/h5-7,11-13,15H,8-10H2,1-4H3. The number of hydrogen-bond donors (Lipinski definition) is 1. The van der Waals surface area contributed by atoms with Gasteiger partial charge in [-0.05, 0) is 43.0 Å². The molecule has 0 aliphatic rings. The van der Waals surface area contributed by atoms with Crippen LogP contribution in [0.5, 0.6) is 0 Å². The first kappa shape index (κ1) is 13.3. The van der Waals surface area contributed by atoms with Crippen LogP contribution in [0.3, 0.4) is 0 Å². The van der Waals surface area contributed by atoms with Crippen molar-refractivity contribution in [2.45, 2.75) is 34.1 Å². The second-order valence-electron chi connectivity index (χ2n) is 5.34. The lowest BCUT2D eigenvalue weighted by Crippen LogP contribution is -2.30. The van der Waals surface area contributed by atoms with Gasteiger partial charge < -0.3 is 9.73 Å². The van der Waals surface area contributed by atoms with E-state index in [1.165, 1.54) is 0 Å². The predicted octanol–water partition coefficient (Wildman–Crippen LogP) is 3.34. The fraction of sp³-hybridized carbons (Fsp3) is 0.714. The predicted molar refractivity (Wildman–Crippen MR) is 68.4 cm³/mol. The summed E-state index contributed by atoms with van der Waals surface area (Å²) in [6, 6.07) is 4.03. The Kier molecular flexibility index (Phi) is 5.61. The van der Waals surface area contributed by atoms with Crippen molar-refractivity contribution < 1.29 is 4.42 Å². The third-order valence-electron chi connectivity index (χ3n) is 2.95. The van der Waals surface area contributed by atoms with Crippen LogP contribution in [0.1, 0.15) is 33.5 Å². The van der Waals surface area contributed by atoms with E-state index in [0.29, 0.717) is 11.8 Å². The third kappa shape index (κ3) is 4.84. The molecule has 0 amide bonds. The molecule has 0 saturated heterocycles. The molecule has 16 heavy (non-hydrogen) atoms. The Hall–Kier alpha value is -0.760. The SMILES string of the molecule is CC(C)CNCC(Cc1ccco1)C(C)C. The molecule has 0 fully saturated rings. The van der Waals surface area contributed by atoms with Crippen LogP contribution in [-0.4, -0.2) is 13.1 Å². The van der Waals surface area contributed by atoms with Gasteiger partial charge in [0.25, 0.3) is 0 Å². The van der Waals surface area contributed by atoms with Crippen molar-refractivity contribution in [2.75, 3.05) is 13.1 Å². The molecule has 0 bridgehead atoms. The largest absolute Gasteiger partial charge is 0.469 e. The Bertz CT molecular complexity index is 264. The van der Waals surface area contributed by atoms with E-state index in [0.717, 1.165) is 31.2 Å². The van der Waals surface area contributed by atoms with E-state index < -0.39 is 0 Å². The van der Waals surface area contributed by atoms with E-state index in [2.05, 4.69) is 39.1 Å². The van der Waals surface area contributed by atoms with Gasteiger partial charge in [0.1, 0.15) is 5.76 Å². The van der Waals surface area contributed by atoms with Crippen LogP contribution in [0, 0.1) is 17.8 Å². The van der Waals surface area contributed by atoms with Gasteiger partial charge in [0.2, 0.25) is 0 Å². The molecule has 0 radical (unpaired) electrons. The van der Waals surface area contributed by atoms with Crippen molar-refractivity contribution in [3.8, 4) is 0 Å². The average Bonchev–Trinajstić information content (AvgIpc) is 2.68. The molecule has 92 valence electrons. The van der Waals surface area contributed by atoms with Gasteiger partial charge in [-0.3, -0.25) is 0 Å². The summed E-state index contributed by atoms with van der Waals surface area (Å²) in [5.74, 6) is 3.16. The van der Waals surface area contributed by atoms with Gasteiger partial charge in [-0.25, -0.2) is 0 Å². The molecule has 2 nitrogen and oxygen atoms in total. The first-order valence-corrected chi connectivity index (χ1v) is 6.32. The van der Waals surface area contributed by atoms with Gasteiger partial charge >= 0.3 is 0 Å². The zero-order valence-electron chi connectivity index (χ0n) is 11.0. The molecule has 0 aliphatic heterocycles. The van der Waals surface area contributed by atoms with E-state index in [1.807, 2.05) is 6.07 Å². The molecule has 1 N–H and O–H groups in total. The summed E-state index contributed by atoms with van der Waals surface area (Å²) in [7, 11) is 0. The minimum atomic E-state index is 0.657. The fourth-order valence-electron chi connectivity index (χ4n) is 1.79. The van der Waals surface area contributed by atoms with Crippen LogP contribution in [-0.2, 0) is 6.42 Å². The molecular formula is C14H25NO. The molecule has 2 heteroatoms. The lowest BCUT2D eigenvalue weighted by atomic mass is 9.91. The zero-order valence-corrected chi connectivity index (χ0v) is 11.0. The Morgan fingerprint density at radius 1 is 1.19 bits per heavy atom. The second-order valence-corrected chi connectivity index (χ2v) is 5.34. The smallest absolute Gasteiger partial charge is 0.104 e. The molecule has 0 spiro atoms. The first-order chi connectivity index (χ1) is 7.59. The van der Waals surface area contributed by atoms with E-state index in [4.69, 9.17) is 4.42 Å². The van der Waals surface area contributed by atoms with E-state index in [9.17, 15) is 0 Å². The highest BCUT2D eigenvalue weighted by atomic mass is 16.3. The van der Waals surface area contributed by atoms with Crippen LogP contribution in [0.25, 0.3) is 0 Å². The van der Waals surface area contributed by atoms with Gasteiger partial charge in [0, 0.05) is 6.42 Å². The van der Waals surface area contributed by atoms with Crippen LogP contribution in [0.2, 0.25) is 0 Å². The molecule has 1 aromatic rings. The van der Waals surface area contributed by atoms with Crippen LogP contribution in [0.4, 0.5) is 0 Å². The summed E-state index contributed by atoms with van der Waals surface area (Å²) < 4.78 is 5.41. The first-order valence-electron chi connectivity index (χ1n) is 6.32. The molecule has 0 saturated carbocycles. The molecule has 1 unspecified atom stereocenters. The second kappa shape index (κ2) is 6.74. The number of nitrogens with one attached hydrogen (secondary N) is 1. The van der Waals surface area contributed by atoms with Crippen molar-refractivity contribution in [1.82, 2.24) is 5.32 Å². The Morgan fingerprint density at radius 2 is 1.94 bits per heavy atom. The lowest BCUT2D eigenvalue weighted by Gasteiger charge is -2.21. The summed E-state index contributed by atoms with van der Waals surface area (Å²) in [5, 5.41) is 3.54. The third-order valence-corrected chi connectivity index (χ3v) is 2.95. The maximum atomic E-state index is 5.41. The fourth-order valence-corrected chi connectivity index (χ4v) is 1.79. The van der Waals surface area contributed by atoms with Crippen molar-refractivity contribution >= 4 is 0 Å². The highest BCUT2D eigenvalue weighted by Crippen LogP contribution is 2.17. The highest BCUT2D eigenvalue weighted by Gasteiger charge is 2.15. The average molecular weight is 223 g/mol. The molecule has 1 atom stereocenters. The normalized spacial score (nSPS) is 13.6. The molecular weight excluding hydrogens is 198 g/mol. The van der Waals surface area contributed by atoms with Crippen LogP contribution >= 0.6 is 0 Å². The summed E-state index contributed by atoms with van der Waals surface area (Å²) in [4.78, 5) is 0. The summed E-state index contributed by atoms with van der Waals surface area (Å²) >= 11 is 0. The number of hydrogen-bond acceptors (Lipinski definition) is 2. The van der Waals surface area contributed by atoms with Gasteiger partial charge in [0.15, 0.2) is 0 Å². The maximum absolute atomic E-state index is 5.41. The zero-order chi connectivity index (χ0) is 12.0. The van der Waals surface area contributed by atoms with Gasteiger partial charge in [-0.15, -0.1) is 0 Å². The van der Waals surface area contributed by atoms with Crippen molar-refractivity contribution in [1.29, 1.82) is 0 Å². The number of rotatable bonds is 7. The van der Waals surface area contributed by atoms with Crippen LogP contribution in [0.15, 0.2) is 22.8 Å². The Labute approximate surface area is 99.4 Å². The molecule has 1 rings (SSSR count). The molecule has 1 aromatic heterocycles. The van der Waals surface area contributed by atoms with Crippen molar-refractivity contribution in [3.05, 3.63) is 24.2 Å². The summed E-state index contributed by atoms with van der Waals surface area (Å²) in [6.07, 6.45) is 2.80. The Balaban J connectivity index is 2.36.